The Balaban J connectivity index is 3.67. The largest absolute Gasteiger partial charge is 0.490 e. The fraction of sp³-hybridized carbons (Fsp3) is 0.0909. The summed E-state index contributed by atoms with van der Waals surface area (Å²) in [6.07, 6.45) is 10.7. The first-order valence-electron chi connectivity index (χ1n) is 3.69. The molecule has 0 unspecified atom stereocenters. The predicted octanol–water partition coefficient (Wildman–Crippen LogP) is 3.00. The average Bonchev–Trinajstić information content (AvgIpc) is 2.09. The van der Waals surface area contributed by atoms with Crippen LogP contribution in [0.2, 0.25) is 0 Å². The monoisotopic (exact) mass is 162 g/mol. The summed E-state index contributed by atoms with van der Waals surface area (Å²) in [5.74, 6) is 0.628. The summed E-state index contributed by atoms with van der Waals surface area (Å²) in [6.45, 7) is 11.2. The summed E-state index contributed by atoms with van der Waals surface area (Å²) in [4.78, 5) is 0. The Bertz CT molecular complexity index is 209. The molecule has 0 aliphatic rings. The van der Waals surface area contributed by atoms with E-state index >= 15 is 0 Å². The normalized spacial score (nSPS) is 10.3. The van der Waals surface area contributed by atoms with Crippen LogP contribution in [-0.2, 0) is 4.74 Å². The van der Waals surface area contributed by atoms with Gasteiger partial charge < -0.3 is 4.74 Å². The molecule has 64 valence electrons. The van der Waals surface area contributed by atoms with Crippen molar-refractivity contribution in [2.45, 2.75) is 0 Å². The Hall–Kier alpha value is -1.50. The van der Waals surface area contributed by atoms with E-state index in [1.165, 1.54) is 0 Å². The molecule has 0 amide bonds. The van der Waals surface area contributed by atoms with Gasteiger partial charge in [0.25, 0.3) is 0 Å². The van der Waals surface area contributed by atoms with E-state index in [0.29, 0.717) is 12.4 Å². The van der Waals surface area contributed by atoms with E-state index in [-0.39, 0.29) is 0 Å². The molecule has 0 aliphatic carbocycles. The van der Waals surface area contributed by atoms with Crippen molar-refractivity contribution in [1.82, 2.24) is 0 Å². The number of rotatable bonds is 6. The zero-order valence-corrected chi connectivity index (χ0v) is 7.20. The van der Waals surface area contributed by atoms with Gasteiger partial charge in [-0.05, 0) is 6.08 Å². The molecule has 0 saturated carbocycles. The lowest BCUT2D eigenvalue weighted by Crippen LogP contribution is -1.85. The lowest BCUT2D eigenvalue weighted by Gasteiger charge is -1.99. The topological polar surface area (TPSA) is 9.23 Å². The zero-order valence-electron chi connectivity index (χ0n) is 7.20. The first-order valence-corrected chi connectivity index (χ1v) is 3.69. The molecule has 0 heterocycles. The van der Waals surface area contributed by atoms with Crippen LogP contribution in [0.25, 0.3) is 0 Å². The highest BCUT2D eigenvalue weighted by atomic mass is 16.5. The van der Waals surface area contributed by atoms with Gasteiger partial charge >= 0.3 is 0 Å². The summed E-state index contributed by atoms with van der Waals surface area (Å²) < 4.78 is 5.11. The van der Waals surface area contributed by atoms with Crippen molar-refractivity contribution < 1.29 is 4.74 Å². The van der Waals surface area contributed by atoms with Crippen LogP contribution < -0.4 is 0 Å². The standard InChI is InChI=1S/C11H14O/c1-4-6-7-8-9-11(3)12-10-5-2/h4-9H,1-3,10H2/b7-6-,9-8-. The maximum atomic E-state index is 5.11. The van der Waals surface area contributed by atoms with Crippen molar-refractivity contribution >= 4 is 0 Å². The third-order valence-electron chi connectivity index (χ3n) is 1.03. The number of allylic oxidation sites excluding steroid dienone is 5. The third kappa shape index (κ3) is 6.62. The first kappa shape index (κ1) is 10.5. The number of hydrogen-bond donors (Lipinski definition) is 0. The number of hydrogen-bond acceptors (Lipinski definition) is 1. The average molecular weight is 162 g/mol. The molecule has 0 aliphatic heterocycles. The molecule has 0 fully saturated rings. The second kappa shape index (κ2) is 7.61. The summed E-state index contributed by atoms with van der Waals surface area (Å²) in [5.41, 5.74) is 0. The van der Waals surface area contributed by atoms with Crippen molar-refractivity contribution in [3.05, 3.63) is 62.0 Å². The van der Waals surface area contributed by atoms with Gasteiger partial charge in [0.05, 0.1) is 0 Å². The molecular weight excluding hydrogens is 148 g/mol. The summed E-state index contributed by atoms with van der Waals surface area (Å²) in [7, 11) is 0. The molecule has 0 atom stereocenters. The summed E-state index contributed by atoms with van der Waals surface area (Å²) >= 11 is 0. The van der Waals surface area contributed by atoms with Gasteiger partial charge in [0.1, 0.15) is 12.4 Å². The Kier molecular flexibility index (Phi) is 6.65. The van der Waals surface area contributed by atoms with Gasteiger partial charge in [0.2, 0.25) is 0 Å². The van der Waals surface area contributed by atoms with Gasteiger partial charge in [-0.1, -0.05) is 50.1 Å². The van der Waals surface area contributed by atoms with Crippen LogP contribution in [0.15, 0.2) is 62.0 Å². The van der Waals surface area contributed by atoms with Gasteiger partial charge in [-0.15, -0.1) is 0 Å². The van der Waals surface area contributed by atoms with Gasteiger partial charge in [-0.2, -0.15) is 0 Å². The van der Waals surface area contributed by atoms with E-state index in [2.05, 4.69) is 19.7 Å². The minimum absolute atomic E-state index is 0.494. The van der Waals surface area contributed by atoms with E-state index in [9.17, 15) is 0 Å². The molecular formula is C11H14O. The van der Waals surface area contributed by atoms with E-state index in [0.717, 1.165) is 0 Å². The smallest absolute Gasteiger partial charge is 0.112 e. The van der Waals surface area contributed by atoms with Crippen molar-refractivity contribution in [1.29, 1.82) is 0 Å². The first-order chi connectivity index (χ1) is 5.81. The highest BCUT2D eigenvalue weighted by Crippen LogP contribution is 1.95. The fourth-order valence-electron chi connectivity index (χ4n) is 0.520. The Morgan fingerprint density at radius 2 is 1.92 bits per heavy atom. The van der Waals surface area contributed by atoms with Crippen LogP contribution in [-0.4, -0.2) is 6.61 Å². The number of ether oxygens (including phenoxy) is 1. The van der Waals surface area contributed by atoms with Crippen LogP contribution in [0.1, 0.15) is 0 Å². The molecule has 1 heteroatoms. The molecule has 1 nitrogen and oxygen atoms in total. The highest BCUT2D eigenvalue weighted by Gasteiger charge is 1.82. The van der Waals surface area contributed by atoms with Crippen LogP contribution in [0.4, 0.5) is 0 Å². The minimum Gasteiger partial charge on any atom is -0.490 e. The molecule has 0 aromatic heterocycles. The van der Waals surface area contributed by atoms with Crippen molar-refractivity contribution in [3.63, 3.8) is 0 Å². The minimum atomic E-state index is 0.494. The lowest BCUT2D eigenvalue weighted by atomic mass is 10.4. The summed E-state index contributed by atoms with van der Waals surface area (Å²) in [5, 5.41) is 0. The Morgan fingerprint density at radius 3 is 2.50 bits per heavy atom. The van der Waals surface area contributed by atoms with Gasteiger partial charge in [-0.3, -0.25) is 0 Å². The lowest BCUT2D eigenvalue weighted by molar-refractivity contribution is 0.263. The summed E-state index contributed by atoms with van der Waals surface area (Å²) in [6, 6.07) is 0. The molecule has 0 saturated heterocycles. The second-order valence-corrected chi connectivity index (χ2v) is 2.05. The van der Waals surface area contributed by atoms with E-state index in [4.69, 9.17) is 4.74 Å². The maximum absolute atomic E-state index is 5.11. The molecule has 0 N–H and O–H groups in total. The molecule has 0 spiro atoms. The Morgan fingerprint density at radius 1 is 1.17 bits per heavy atom. The van der Waals surface area contributed by atoms with Gasteiger partial charge in [-0.25, -0.2) is 0 Å². The second-order valence-electron chi connectivity index (χ2n) is 2.05. The van der Waals surface area contributed by atoms with E-state index in [1.807, 2.05) is 18.2 Å². The van der Waals surface area contributed by atoms with Gasteiger partial charge in [0.15, 0.2) is 0 Å². The van der Waals surface area contributed by atoms with Crippen LogP contribution in [0.3, 0.4) is 0 Å². The third-order valence-corrected chi connectivity index (χ3v) is 1.03. The quantitative estimate of drug-likeness (QED) is 0.331. The molecule has 0 bridgehead atoms. The predicted molar refractivity (Wildman–Crippen MR) is 53.8 cm³/mol. The molecule has 12 heavy (non-hydrogen) atoms. The van der Waals surface area contributed by atoms with Crippen molar-refractivity contribution in [2.24, 2.45) is 0 Å². The van der Waals surface area contributed by atoms with Gasteiger partial charge in [0, 0.05) is 0 Å². The van der Waals surface area contributed by atoms with E-state index in [1.54, 1.807) is 18.2 Å². The SMILES string of the molecule is C=C/C=C\C=C/C(=C)OCC=C. The van der Waals surface area contributed by atoms with Crippen molar-refractivity contribution in [3.8, 4) is 0 Å². The molecule has 0 aromatic carbocycles. The zero-order chi connectivity index (χ0) is 9.23. The molecule has 0 rings (SSSR count). The maximum Gasteiger partial charge on any atom is 0.112 e. The highest BCUT2D eigenvalue weighted by molar-refractivity contribution is 5.16. The fourth-order valence-corrected chi connectivity index (χ4v) is 0.520. The van der Waals surface area contributed by atoms with Crippen LogP contribution >= 0.6 is 0 Å². The molecule has 0 radical (unpaired) electrons. The van der Waals surface area contributed by atoms with Crippen LogP contribution in [0, 0.1) is 0 Å². The Labute approximate surface area is 74.1 Å². The molecule has 0 aromatic rings. The van der Waals surface area contributed by atoms with Crippen LogP contribution in [0.5, 0.6) is 0 Å². The van der Waals surface area contributed by atoms with E-state index < -0.39 is 0 Å². The van der Waals surface area contributed by atoms with Crippen molar-refractivity contribution in [2.75, 3.05) is 6.61 Å².